The average molecular weight is 422 g/mol. The van der Waals surface area contributed by atoms with Crippen LogP contribution < -0.4 is 20.1 Å². The Morgan fingerprint density at radius 1 is 1.00 bits per heavy atom. The van der Waals surface area contributed by atoms with Crippen LogP contribution in [0.4, 0.5) is 0 Å². The van der Waals surface area contributed by atoms with Crippen LogP contribution in [-0.2, 0) is 4.79 Å². The number of para-hydroxylation sites is 1. The average Bonchev–Trinajstić information content (AvgIpc) is 3.27. The Morgan fingerprint density at radius 3 is 2.42 bits per heavy atom. The van der Waals surface area contributed by atoms with Gasteiger partial charge in [0.1, 0.15) is 0 Å². The molecule has 3 rings (SSSR count). The Balaban J connectivity index is 1.96. The molecule has 0 saturated carbocycles. The van der Waals surface area contributed by atoms with Crippen molar-refractivity contribution in [2.24, 2.45) is 0 Å². The van der Waals surface area contributed by atoms with Crippen LogP contribution in [0.25, 0.3) is 16.8 Å². The molecule has 0 fully saturated rings. The maximum absolute atomic E-state index is 12.9. The fraction of sp³-hybridized carbons (Fsp3) is 0.261. The van der Waals surface area contributed by atoms with Gasteiger partial charge < -0.3 is 20.1 Å². The summed E-state index contributed by atoms with van der Waals surface area (Å²) in [4.78, 5) is 24.8. The minimum atomic E-state index is -0.439. The predicted octanol–water partition coefficient (Wildman–Crippen LogP) is 2.81. The number of carbonyl (C=O) groups excluding carboxylic acids is 2. The van der Waals surface area contributed by atoms with Crippen LogP contribution in [0.1, 0.15) is 23.8 Å². The Morgan fingerprint density at radius 2 is 1.74 bits per heavy atom. The lowest BCUT2D eigenvalue weighted by molar-refractivity contribution is -0.120. The first-order valence-electron chi connectivity index (χ1n) is 9.99. The van der Waals surface area contributed by atoms with E-state index in [-0.39, 0.29) is 18.1 Å². The molecule has 162 valence electrons. The smallest absolute Gasteiger partial charge is 0.272 e. The zero-order valence-corrected chi connectivity index (χ0v) is 17.8. The van der Waals surface area contributed by atoms with E-state index in [0.29, 0.717) is 23.6 Å². The molecule has 31 heavy (non-hydrogen) atoms. The number of methoxy groups -OCH3 is 2. The minimum Gasteiger partial charge on any atom is -0.493 e. The summed E-state index contributed by atoms with van der Waals surface area (Å²) in [5.41, 5.74) is 2.36. The van der Waals surface area contributed by atoms with Gasteiger partial charge in [-0.3, -0.25) is 9.59 Å². The van der Waals surface area contributed by atoms with E-state index in [4.69, 9.17) is 9.47 Å². The first kappa shape index (κ1) is 21.9. The van der Waals surface area contributed by atoms with E-state index in [1.165, 1.54) is 0 Å². The monoisotopic (exact) mass is 422 g/mol. The molecule has 3 aromatic rings. The molecule has 1 heterocycles. The van der Waals surface area contributed by atoms with E-state index >= 15 is 0 Å². The molecular weight excluding hydrogens is 396 g/mol. The summed E-state index contributed by atoms with van der Waals surface area (Å²) >= 11 is 0. The second-order valence-corrected chi connectivity index (χ2v) is 6.77. The van der Waals surface area contributed by atoms with Crippen LogP contribution >= 0.6 is 0 Å². The highest BCUT2D eigenvalue weighted by Gasteiger charge is 2.20. The molecule has 2 aromatic carbocycles. The second kappa shape index (κ2) is 10.3. The lowest BCUT2D eigenvalue weighted by Crippen LogP contribution is -2.37. The summed E-state index contributed by atoms with van der Waals surface area (Å²) in [6, 6.07) is 14.9. The van der Waals surface area contributed by atoms with Crippen LogP contribution in [-0.4, -0.2) is 48.9 Å². The molecule has 1 aromatic heterocycles. The number of rotatable bonds is 9. The van der Waals surface area contributed by atoms with Crippen molar-refractivity contribution in [2.75, 3.05) is 27.3 Å². The summed E-state index contributed by atoms with van der Waals surface area (Å²) in [6.45, 7) is 2.40. The van der Waals surface area contributed by atoms with Crippen molar-refractivity contribution >= 4 is 11.8 Å². The highest BCUT2D eigenvalue weighted by atomic mass is 16.5. The molecule has 0 saturated heterocycles. The number of carbonyl (C=O) groups is 2. The number of hydrogen-bond acceptors (Lipinski definition) is 5. The third-order valence-electron chi connectivity index (χ3n) is 4.63. The molecule has 0 bridgehead atoms. The van der Waals surface area contributed by atoms with Gasteiger partial charge in [-0.25, -0.2) is 4.68 Å². The molecule has 0 spiro atoms. The van der Waals surface area contributed by atoms with Gasteiger partial charge in [0.25, 0.3) is 5.91 Å². The van der Waals surface area contributed by atoms with Crippen molar-refractivity contribution in [1.29, 1.82) is 0 Å². The topological polar surface area (TPSA) is 94.5 Å². The standard InChI is InChI=1S/C23H26N4O4/c1-4-12-24-21(28)14-25-23(29)22-18(15-27(26-22)17-8-6-5-7-9-17)16-10-11-19(30-2)20(13-16)31-3/h5-11,13,15H,4,12,14H2,1-3H3,(H,24,28)(H,25,29). The van der Waals surface area contributed by atoms with Crippen molar-refractivity contribution in [3.05, 3.63) is 60.4 Å². The molecule has 2 N–H and O–H groups in total. The Hall–Kier alpha value is -3.81. The maximum Gasteiger partial charge on any atom is 0.272 e. The number of amides is 2. The van der Waals surface area contributed by atoms with Gasteiger partial charge in [-0.05, 0) is 36.2 Å². The minimum absolute atomic E-state index is 0.123. The number of hydrogen-bond donors (Lipinski definition) is 2. The second-order valence-electron chi connectivity index (χ2n) is 6.77. The molecule has 0 aliphatic carbocycles. The van der Waals surface area contributed by atoms with Crippen LogP contribution in [0, 0.1) is 0 Å². The van der Waals surface area contributed by atoms with Crippen LogP contribution in [0.15, 0.2) is 54.7 Å². The lowest BCUT2D eigenvalue weighted by Gasteiger charge is -2.10. The number of nitrogens with one attached hydrogen (secondary N) is 2. The Bertz CT molecular complexity index is 1050. The van der Waals surface area contributed by atoms with Gasteiger partial charge in [0.2, 0.25) is 5.91 Å². The zero-order valence-electron chi connectivity index (χ0n) is 17.8. The van der Waals surface area contributed by atoms with Gasteiger partial charge in [-0.1, -0.05) is 31.2 Å². The lowest BCUT2D eigenvalue weighted by atomic mass is 10.1. The van der Waals surface area contributed by atoms with E-state index in [1.807, 2.05) is 43.3 Å². The van der Waals surface area contributed by atoms with Gasteiger partial charge in [0, 0.05) is 18.3 Å². The normalized spacial score (nSPS) is 10.4. The molecule has 0 aliphatic heterocycles. The molecule has 8 heteroatoms. The molecule has 0 aliphatic rings. The van der Waals surface area contributed by atoms with Gasteiger partial charge in [-0.2, -0.15) is 5.10 Å². The molecule has 0 unspecified atom stereocenters. The highest BCUT2D eigenvalue weighted by molar-refractivity contribution is 6.00. The van der Waals surface area contributed by atoms with E-state index in [0.717, 1.165) is 17.7 Å². The van der Waals surface area contributed by atoms with Crippen molar-refractivity contribution < 1.29 is 19.1 Å². The fourth-order valence-electron chi connectivity index (χ4n) is 3.04. The SMILES string of the molecule is CCCNC(=O)CNC(=O)c1nn(-c2ccccc2)cc1-c1ccc(OC)c(OC)c1. The third-order valence-corrected chi connectivity index (χ3v) is 4.63. The zero-order chi connectivity index (χ0) is 22.2. The fourth-order valence-corrected chi connectivity index (χ4v) is 3.04. The van der Waals surface area contributed by atoms with Gasteiger partial charge in [-0.15, -0.1) is 0 Å². The van der Waals surface area contributed by atoms with E-state index < -0.39 is 5.91 Å². The third kappa shape index (κ3) is 5.22. The Kier molecular flexibility index (Phi) is 7.26. The largest absolute Gasteiger partial charge is 0.493 e. The van der Waals surface area contributed by atoms with Crippen LogP contribution in [0.3, 0.4) is 0 Å². The van der Waals surface area contributed by atoms with E-state index in [1.54, 1.807) is 37.2 Å². The molecule has 2 amide bonds. The number of nitrogens with zero attached hydrogens (tertiary/aromatic N) is 2. The van der Waals surface area contributed by atoms with Crippen LogP contribution in [0.2, 0.25) is 0 Å². The molecular formula is C23H26N4O4. The predicted molar refractivity (Wildman–Crippen MR) is 118 cm³/mol. The summed E-state index contributed by atoms with van der Waals surface area (Å²) in [6.07, 6.45) is 2.60. The quantitative estimate of drug-likeness (QED) is 0.553. The molecule has 0 radical (unpaired) electrons. The molecule has 0 atom stereocenters. The van der Waals surface area contributed by atoms with Gasteiger partial charge >= 0.3 is 0 Å². The van der Waals surface area contributed by atoms with Crippen molar-refractivity contribution in [3.63, 3.8) is 0 Å². The van der Waals surface area contributed by atoms with Crippen molar-refractivity contribution in [3.8, 4) is 28.3 Å². The highest BCUT2D eigenvalue weighted by Crippen LogP contribution is 2.33. The number of aromatic nitrogens is 2. The molecule has 8 nitrogen and oxygen atoms in total. The number of ether oxygens (including phenoxy) is 2. The van der Waals surface area contributed by atoms with E-state index in [2.05, 4.69) is 15.7 Å². The summed E-state index contributed by atoms with van der Waals surface area (Å²) in [5, 5.41) is 9.88. The number of benzene rings is 2. The van der Waals surface area contributed by atoms with Gasteiger partial charge in [0.15, 0.2) is 17.2 Å². The van der Waals surface area contributed by atoms with Crippen LogP contribution in [0.5, 0.6) is 11.5 Å². The van der Waals surface area contributed by atoms with Gasteiger partial charge in [0.05, 0.1) is 26.5 Å². The van der Waals surface area contributed by atoms with Crippen molar-refractivity contribution in [2.45, 2.75) is 13.3 Å². The maximum atomic E-state index is 12.9. The summed E-state index contributed by atoms with van der Waals surface area (Å²) < 4.78 is 12.3. The first-order valence-corrected chi connectivity index (χ1v) is 9.99. The Labute approximate surface area is 181 Å². The summed E-state index contributed by atoms with van der Waals surface area (Å²) in [5.74, 6) is 0.439. The summed E-state index contributed by atoms with van der Waals surface area (Å²) in [7, 11) is 3.12. The van der Waals surface area contributed by atoms with Crippen molar-refractivity contribution in [1.82, 2.24) is 20.4 Å². The van der Waals surface area contributed by atoms with E-state index in [9.17, 15) is 9.59 Å². The first-order chi connectivity index (χ1) is 15.1.